The van der Waals surface area contributed by atoms with E-state index in [0.717, 1.165) is 37.1 Å². The number of para-hydroxylation sites is 1. The van der Waals surface area contributed by atoms with Gasteiger partial charge in [0.2, 0.25) is 23.9 Å². The van der Waals surface area contributed by atoms with Crippen LogP contribution in [0, 0.1) is 0 Å². The smallest absolute Gasteiger partial charge is 0.460 e. The van der Waals surface area contributed by atoms with E-state index < -0.39 is 49.2 Å². The van der Waals surface area contributed by atoms with Crippen LogP contribution in [-0.4, -0.2) is 79.0 Å². The summed E-state index contributed by atoms with van der Waals surface area (Å²) in [5, 5.41) is 16.3. The van der Waals surface area contributed by atoms with E-state index in [-0.39, 0.29) is 41.5 Å². The van der Waals surface area contributed by atoms with Crippen LogP contribution >= 0.6 is 7.75 Å². The number of fused-ring (bicyclic) bond motifs is 2. The molecule has 0 spiro atoms. The number of imidazole rings is 1. The number of aromatic nitrogens is 4. The van der Waals surface area contributed by atoms with Crippen molar-refractivity contribution in [3.8, 4) is 11.6 Å². The molecule has 3 N–H and O–H groups in total. The van der Waals surface area contributed by atoms with Crippen molar-refractivity contribution in [3.05, 3.63) is 36.7 Å². The van der Waals surface area contributed by atoms with Crippen molar-refractivity contribution in [1.82, 2.24) is 24.6 Å². The van der Waals surface area contributed by atoms with E-state index in [1.165, 1.54) is 19.1 Å². The summed E-state index contributed by atoms with van der Waals surface area (Å²) >= 11 is 0. The minimum Gasteiger partial charge on any atom is -0.476 e. The molecule has 3 aliphatic rings. The maximum Gasteiger partial charge on any atom is 0.460 e. The first kappa shape index (κ1) is 33.2. The Labute approximate surface area is 267 Å². The monoisotopic (exact) mass is 680 g/mol. The van der Waals surface area contributed by atoms with Crippen molar-refractivity contribution in [1.29, 1.82) is 0 Å². The molecule has 1 amide bonds. The first-order chi connectivity index (χ1) is 22.4. The number of hydrogen-bond acceptors (Lipinski definition) is 12. The third kappa shape index (κ3) is 5.73. The normalized spacial score (nSPS) is 30.6. The molecule has 6 rings (SSSR count). The highest BCUT2D eigenvalue weighted by Gasteiger charge is 2.97. The van der Waals surface area contributed by atoms with Gasteiger partial charge in [0.25, 0.3) is 5.85 Å². The number of esters is 1. The predicted octanol–water partition coefficient (Wildman–Crippen LogP) is 3.89. The van der Waals surface area contributed by atoms with Crippen molar-refractivity contribution < 1.29 is 51.3 Å². The highest BCUT2D eigenvalue weighted by molar-refractivity contribution is 7.52. The van der Waals surface area contributed by atoms with Crippen LogP contribution in [0.15, 0.2) is 36.7 Å². The highest BCUT2D eigenvalue weighted by atomic mass is 31.2. The minimum atomic E-state index is -4.76. The molecule has 254 valence electrons. The van der Waals surface area contributed by atoms with Crippen molar-refractivity contribution in [2.24, 2.45) is 0 Å². The van der Waals surface area contributed by atoms with E-state index in [1.54, 1.807) is 25.1 Å². The van der Waals surface area contributed by atoms with Gasteiger partial charge < -0.3 is 23.8 Å². The number of carbonyl (C=O) groups excluding carboxylic acids is 2. The SMILES string of the molecule is CCOc1nc(NC=O)nc2c1ncn2[C@@H]1O[C@]2(F)C(OP(=O)(NC(C)C(=O)OC3CCCCC3)Oc3ccccc3)[C@]2(F)[C@@]1(C)O. The summed E-state index contributed by atoms with van der Waals surface area (Å²) in [5.74, 6) is -4.29. The minimum absolute atomic E-state index is 0.0165. The fraction of sp³-hybridized carbons (Fsp3) is 0.552. The Morgan fingerprint density at radius 2 is 1.96 bits per heavy atom. The Bertz CT molecular complexity index is 1690. The number of aliphatic hydroxyl groups is 1. The number of carbonyl (C=O) groups is 2. The summed E-state index contributed by atoms with van der Waals surface area (Å²) < 4.78 is 75.9. The van der Waals surface area contributed by atoms with Gasteiger partial charge in [0.15, 0.2) is 23.5 Å². The molecule has 2 aromatic heterocycles. The molecule has 47 heavy (non-hydrogen) atoms. The average molecular weight is 681 g/mol. The van der Waals surface area contributed by atoms with Gasteiger partial charge in [-0.3, -0.25) is 24.0 Å². The zero-order chi connectivity index (χ0) is 33.6. The average Bonchev–Trinajstić information content (AvgIpc) is 3.27. The molecule has 3 fully saturated rings. The van der Waals surface area contributed by atoms with Gasteiger partial charge in [-0.1, -0.05) is 24.6 Å². The van der Waals surface area contributed by atoms with E-state index in [2.05, 4.69) is 25.4 Å². The van der Waals surface area contributed by atoms with Crippen molar-refractivity contribution in [3.63, 3.8) is 0 Å². The number of nitrogens with one attached hydrogen (secondary N) is 2. The quantitative estimate of drug-likeness (QED) is 0.134. The summed E-state index contributed by atoms with van der Waals surface area (Å²) in [7, 11) is -4.76. The molecule has 1 aromatic carbocycles. The van der Waals surface area contributed by atoms with Crippen LogP contribution in [0.2, 0.25) is 0 Å². The molecule has 2 aliphatic carbocycles. The number of ether oxygens (including phenoxy) is 3. The second-order valence-corrected chi connectivity index (χ2v) is 13.4. The van der Waals surface area contributed by atoms with Crippen LogP contribution in [0.4, 0.5) is 14.7 Å². The fourth-order valence-electron chi connectivity index (χ4n) is 6.03. The Morgan fingerprint density at radius 1 is 1.23 bits per heavy atom. The Balaban J connectivity index is 1.26. The van der Waals surface area contributed by atoms with Crippen molar-refractivity contribution in [2.45, 2.75) is 94.5 Å². The number of benzene rings is 1. The van der Waals surface area contributed by atoms with Gasteiger partial charge in [0.05, 0.1) is 12.9 Å². The van der Waals surface area contributed by atoms with E-state index in [0.29, 0.717) is 19.3 Å². The van der Waals surface area contributed by atoms with Crippen LogP contribution in [-0.2, 0) is 28.2 Å². The van der Waals surface area contributed by atoms with Gasteiger partial charge in [-0.25, -0.2) is 18.3 Å². The van der Waals surface area contributed by atoms with E-state index in [9.17, 15) is 19.3 Å². The summed E-state index contributed by atoms with van der Waals surface area (Å²) in [6, 6.07) is 6.42. The number of hydrogen-bond donors (Lipinski definition) is 3. The predicted molar refractivity (Wildman–Crippen MR) is 160 cm³/mol. The first-order valence-corrected chi connectivity index (χ1v) is 16.8. The molecule has 18 heteroatoms. The standard InChI is InChI=1S/C29H35F2N6O9P/c1-4-42-22-20-21(34-26(35-22)33-16-38)37(15-32-20)25-27(3,40)28(30)24(29(28,31)44-25)46-47(41,45-19-13-9-6-10-14-19)36-17(2)23(39)43-18-11-7-5-8-12-18/h6,9-10,13-18,24-25,40H,4-5,7-8,11-12H2,1-3H3,(H,36,41)(H,33,34,35,38)/t17?,24?,25-,27+,28+,29-,47?/m1/s1. The lowest BCUT2D eigenvalue weighted by Gasteiger charge is -2.32. The maximum absolute atomic E-state index is 16.7. The first-order valence-electron chi connectivity index (χ1n) is 15.2. The van der Waals surface area contributed by atoms with Crippen molar-refractivity contribution in [2.75, 3.05) is 11.9 Å². The molecule has 0 bridgehead atoms. The Morgan fingerprint density at radius 3 is 2.60 bits per heavy atom. The number of amides is 1. The van der Waals surface area contributed by atoms with Crippen molar-refractivity contribution >= 4 is 37.2 Å². The number of halogens is 2. The molecule has 0 radical (unpaired) electrons. The molecule has 3 aromatic rings. The molecule has 1 aliphatic heterocycles. The molecular formula is C29H35F2N6O9P. The molecule has 1 saturated heterocycles. The van der Waals surface area contributed by atoms with Gasteiger partial charge >= 0.3 is 13.7 Å². The zero-order valence-electron chi connectivity index (χ0n) is 25.8. The fourth-order valence-corrected chi connectivity index (χ4v) is 7.72. The Hall–Kier alpha value is -3.76. The van der Waals surface area contributed by atoms with Crippen LogP contribution < -0.4 is 19.7 Å². The third-order valence-electron chi connectivity index (χ3n) is 8.48. The lowest BCUT2D eigenvalue weighted by Crippen LogP contribution is -2.46. The number of rotatable bonds is 13. The highest BCUT2D eigenvalue weighted by Crippen LogP contribution is 2.74. The number of anilines is 1. The second-order valence-electron chi connectivity index (χ2n) is 11.8. The van der Waals surface area contributed by atoms with Gasteiger partial charge in [0.1, 0.15) is 23.5 Å². The Kier molecular flexibility index (Phi) is 8.72. The number of nitrogens with zero attached hydrogens (tertiary/aromatic N) is 4. The molecular weight excluding hydrogens is 645 g/mol. The summed E-state index contributed by atoms with van der Waals surface area (Å²) in [4.78, 5) is 36.3. The van der Waals surface area contributed by atoms with E-state index in [1.807, 2.05) is 0 Å². The van der Waals surface area contributed by atoms with E-state index >= 15 is 8.78 Å². The summed E-state index contributed by atoms with van der Waals surface area (Å²) in [6.45, 7) is 4.20. The van der Waals surface area contributed by atoms with Gasteiger partial charge in [0, 0.05) is 0 Å². The largest absolute Gasteiger partial charge is 0.476 e. The maximum atomic E-state index is 16.7. The van der Waals surface area contributed by atoms with Gasteiger partial charge in [-0.05, 0) is 58.6 Å². The van der Waals surface area contributed by atoms with Crippen LogP contribution in [0.5, 0.6) is 11.6 Å². The summed E-state index contributed by atoms with van der Waals surface area (Å²) in [6.07, 6.45) is 1.33. The third-order valence-corrected chi connectivity index (χ3v) is 10.1. The van der Waals surface area contributed by atoms with Crippen LogP contribution in [0.3, 0.4) is 0 Å². The zero-order valence-corrected chi connectivity index (χ0v) is 26.7. The van der Waals surface area contributed by atoms with E-state index in [4.69, 9.17) is 23.3 Å². The topological polar surface area (TPSA) is 185 Å². The molecule has 15 nitrogen and oxygen atoms in total. The van der Waals surface area contributed by atoms with Gasteiger partial charge in [-0.2, -0.15) is 15.1 Å². The van der Waals surface area contributed by atoms with Gasteiger partial charge in [-0.15, -0.1) is 0 Å². The lowest BCUT2D eigenvalue weighted by molar-refractivity contribution is -0.174. The number of alkyl halides is 2. The molecule has 7 atom stereocenters. The molecule has 2 saturated carbocycles. The molecule has 3 heterocycles. The lowest BCUT2D eigenvalue weighted by atomic mass is 9.96. The van der Waals surface area contributed by atoms with Crippen LogP contribution in [0.25, 0.3) is 11.2 Å². The second kappa shape index (κ2) is 12.4. The summed E-state index contributed by atoms with van der Waals surface area (Å²) in [5.41, 5.74) is -5.98. The van der Waals surface area contributed by atoms with Crippen LogP contribution in [0.1, 0.15) is 59.1 Å². The molecule has 3 unspecified atom stereocenters.